The molecule has 0 unspecified atom stereocenters. The molecule has 0 atom stereocenters. The Labute approximate surface area is 166 Å². The molecular weight excluding hydrogens is 357 g/mol. The van der Waals surface area contributed by atoms with Gasteiger partial charge in [0.25, 0.3) is 0 Å². The fourth-order valence-electron chi connectivity index (χ4n) is 3.41. The number of benzene rings is 2. The van der Waals surface area contributed by atoms with E-state index in [9.17, 15) is 9.18 Å². The summed E-state index contributed by atoms with van der Waals surface area (Å²) in [7, 11) is 1.68. The number of methoxy groups -OCH3 is 1. The van der Waals surface area contributed by atoms with Gasteiger partial charge in [-0.2, -0.15) is 0 Å². The Morgan fingerprint density at radius 3 is 2.61 bits per heavy atom. The summed E-state index contributed by atoms with van der Waals surface area (Å²) >= 11 is 0. The molecule has 1 fully saturated rings. The van der Waals surface area contributed by atoms with E-state index < -0.39 is 0 Å². The number of hydrogen-bond acceptors (Lipinski definition) is 3. The van der Waals surface area contributed by atoms with E-state index in [0.717, 1.165) is 31.8 Å². The van der Waals surface area contributed by atoms with Crippen molar-refractivity contribution in [3.8, 4) is 5.75 Å². The Morgan fingerprint density at radius 1 is 1.07 bits per heavy atom. The maximum absolute atomic E-state index is 13.6. The van der Waals surface area contributed by atoms with Gasteiger partial charge >= 0.3 is 6.03 Å². The highest BCUT2D eigenvalue weighted by Gasteiger charge is 2.20. The Kier molecular flexibility index (Phi) is 7.25. The largest absolute Gasteiger partial charge is 0.497 e. The van der Waals surface area contributed by atoms with E-state index in [4.69, 9.17) is 4.74 Å². The molecule has 2 aromatic rings. The van der Waals surface area contributed by atoms with Crippen LogP contribution in [0.2, 0.25) is 0 Å². The number of piperazine rings is 1. The normalized spacial score (nSPS) is 14.7. The minimum Gasteiger partial charge on any atom is -0.497 e. The molecule has 2 aromatic carbocycles. The molecule has 1 saturated heterocycles. The first-order valence-electron chi connectivity index (χ1n) is 9.77. The topological polar surface area (TPSA) is 44.8 Å². The highest BCUT2D eigenvalue weighted by atomic mass is 19.1. The number of carbonyl (C=O) groups excluding carboxylic acids is 1. The van der Waals surface area contributed by atoms with Crippen LogP contribution >= 0.6 is 0 Å². The van der Waals surface area contributed by atoms with Crippen molar-refractivity contribution in [2.24, 2.45) is 0 Å². The summed E-state index contributed by atoms with van der Waals surface area (Å²) < 4.78 is 18.9. The van der Waals surface area contributed by atoms with E-state index in [1.54, 1.807) is 19.2 Å². The van der Waals surface area contributed by atoms with Gasteiger partial charge in [-0.25, -0.2) is 9.18 Å². The van der Waals surface area contributed by atoms with Crippen LogP contribution in [-0.2, 0) is 12.8 Å². The first kappa shape index (κ1) is 20.1. The third kappa shape index (κ3) is 5.70. The molecular formula is C22H28FN3O2. The summed E-state index contributed by atoms with van der Waals surface area (Å²) in [6, 6.07) is 14.8. The lowest BCUT2D eigenvalue weighted by Crippen LogP contribution is -2.52. The van der Waals surface area contributed by atoms with Gasteiger partial charge in [-0.05, 0) is 42.2 Å². The minimum atomic E-state index is -0.221. The Balaban J connectivity index is 1.36. The molecule has 0 spiro atoms. The number of nitrogens with one attached hydrogen (secondary N) is 1. The van der Waals surface area contributed by atoms with Crippen LogP contribution in [-0.4, -0.2) is 62.2 Å². The molecule has 28 heavy (non-hydrogen) atoms. The van der Waals surface area contributed by atoms with Crippen LogP contribution in [0.25, 0.3) is 0 Å². The van der Waals surface area contributed by atoms with Gasteiger partial charge in [0.1, 0.15) is 11.6 Å². The molecule has 150 valence electrons. The molecule has 3 rings (SSSR count). The monoisotopic (exact) mass is 385 g/mol. The van der Waals surface area contributed by atoms with Crippen LogP contribution in [0.3, 0.4) is 0 Å². The van der Waals surface area contributed by atoms with Crippen molar-refractivity contribution in [3.05, 3.63) is 65.5 Å². The number of halogens is 1. The summed E-state index contributed by atoms with van der Waals surface area (Å²) in [6.07, 6.45) is 1.46. The lowest BCUT2D eigenvalue weighted by molar-refractivity contribution is 0.140. The second kappa shape index (κ2) is 10.1. The van der Waals surface area contributed by atoms with Crippen molar-refractivity contribution in [2.45, 2.75) is 12.8 Å². The van der Waals surface area contributed by atoms with E-state index in [1.165, 1.54) is 11.6 Å². The Morgan fingerprint density at radius 2 is 1.86 bits per heavy atom. The molecule has 1 heterocycles. The van der Waals surface area contributed by atoms with Crippen molar-refractivity contribution in [3.63, 3.8) is 0 Å². The summed E-state index contributed by atoms with van der Waals surface area (Å²) in [5.74, 6) is 0.663. The molecule has 1 aliphatic heterocycles. The average Bonchev–Trinajstić information content (AvgIpc) is 2.74. The average molecular weight is 385 g/mol. The SMILES string of the molecule is COc1cccc(CCN2CCN(C(=O)NCCc3ccccc3F)CC2)c1. The van der Waals surface area contributed by atoms with Crippen LogP contribution in [0.15, 0.2) is 48.5 Å². The number of rotatable bonds is 7. The number of carbonyl (C=O) groups is 1. The number of hydrogen-bond donors (Lipinski definition) is 1. The molecule has 0 bridgehead atoms. The van der Waals surface area contributed by atoms with Crippen LogP contribution < -0.4 is 10.1 Å². The third-order valence-corrected chi connectivity index (χ3v) is 5.14. The van der Waals surface area contributed by atoms with Gasteiger partial charge in [-0.15, -0.1) is 0 Å². The predicted molar refractivity (Wildman–Crippen MR) is 108 cm³/mol. The van der Waals surface area contributed by atoms with Gasteiger partial charge in [0.15, 0.2) is 0 Å². The number of urea groups is 1. The van der Waals surface area contributed by atoms with Gasteiger partial charge in [0.05, 0.1) is 7.11 Å². The van der Waals surface area contributed by atoms with Gasteiger partial charge in [-0.3, -0.25) is 4.90 Å². The molecule has 5 nitrogen and oxygen atoms in total. The maximum Gasteiger partial charge on any atom is 0.317 e. The second-order valence-corrected chi connectivity index (χ2v) is 7.00. The quantitative estimate of drug-likeness (QED) is 0.797. The molecule has 1 aliphatic rings. The van der Waals surface area contributed by atoms with E-state index in [0.29, 0.717) is 31.6 Å². The fourth-order valence-corrected chi connectivity index (χ4v) is 3.41. The van der Waals surface area contributed by atoms with E-state index >= 15 is 0 Å². The van der Waals surface area contributed by atoms with Crippen molar-refractivity contribution in [1.82, 2.24) is 15.1 Å². The van der Waals surface area contributed by atoms with Gasteiger partial charge in [0.2, 0.25) is 0 Å². The van der Waals surface area contributed by atoms with Crippen LogP contribution in [0.1, 0.15) is 11.1 Å². The van der Waals surface area contributed by atoms with Crippen molar-refractivity contribution < 1.29 is 13.9 Å². The highest BCUT2D eigenvalue weighted by Crippen LogP contribution is 2.14. The molecule has 0 aromatic heterocycles. The summed E-state index contributed by atoms with van der Waals surface area (Å²) in [4.78, 5) is 16.5. The van der Waals surface area contributed by atoms with E-state index in [2.05, 4.69) is 22.3 Å². The molecule has 0 aliphatic carbocycles. The molecule has 6 heteroatoms. The Bertz CT molecular complexity index is 776. The Hall–Kier alpha value is -2.60. The van der Waals surface area contributed by atoms with Crippen LogP contribution in [0, 0.1) is 5.82 Å². The zero-order chi connectivity index (χ0) is 19.8. The first-order chi connectivity index (χ1) is 13.7. The number of ether oxygens (including phenoxy) is 1. The summed E-state index contributed by atoms with van der Waals surface area (Å²) in [6.45, 7) is 4.56. The third-order valence-electron chi connectivity index (χ3n) is 5.14. The standard InChI is InChI=1S/C22H28FN3O2/c1-28-20-7-4-5-18(17-20)10-12-25-13-15-26(16-14-25)22(27)24-11-9-19-6-2-3-8-21(19)23/h2-8,17H,9-16H2,1H3,(H,24,27). The highest BCUT2D eigenvalue weighted by molar-refractivity contribution is 5.74. The van der Waals surface area contributed by atoms with Crippen molar-refractivity contribution in [2.75, 3.05) is 46.4 Å². The van der Waals surface area contributed by atoms with E-state index in [-0.39, 0.29) is 11.8 Å². The van der Waals surface area contributed by atoms with Gasteiger partial charge in [-0.1, -0.05) is 30.3 Å². The number of nitrogens with zero attached hydrogens (tertiary/aromatic N) is 2. The van der Waals surface area contributed by atoms with Gasteiger partial charge in [0, 0.05) is 39.3 Å². The minimum absolute atomic E-state index is 0.0659. The van der Waals surface area contributed by atoms with Crippen molar-refractivity contribution >= 4 is 6.03 Å². The van der Waals surface area contributed by atoms with Gasteiger partial charge < -0.3 is 15.0 Å². The lowest BCUT2D eigenvalue weighted by atomic mass is 10.1. The zero-order valence-corrected chi connectivity index (χ0v) is 16.4. The first-order valence-corrected chi connectivity index (χ1v) is 9.77. The maximum atomic E-state index is 13.6. The lowest BCUT2D eigenvalue weighted by Gasteiger charge is -2.34. The molecule has 1 N–H and O–H groups in total. The molecule has 0 radical (unpaired) electrons. The second-order valence-electron chi connectivity index (χ2n) is 7.00. The smallest absolute Gasteiger partial charge is 0.317 e. The van der Waals surface area contributed by atoms with E-state index in [1.807, 2.05) is 23.1 Å². The molecule has 2 amide bonds. The van der Waals surface area contributed by atoms with Crippen molar-refractivity contribution in [1.29, 1.82) is 0 Å². The predicted octanol–water partition coefficient (Wildman–Crippen LogP) is 2.95. The van der Waals surface area contributed by atoms with Crippen LogP contribution in [0.5, 0.6) is 5.75 Å². The summed E-state index contributed by atoms with van der Waals surface area (Å²) in [5.41, 5.74) is 1.89. The van der Waals surface area contributed by atoms with Crippen LogP contribution in [0.4, 0.5) is 9.18 Å². The summed E-state index contributed by atoms with van der Waals surface area (Å²) in [5, 5.41) is 2.90. The zero-order valence-electron chi connectivity index (χ0n) is 16.4. The molecule has 0 saturated carbocycles. The fraction of sp³-hybridized carbons (Fsp3) is 0.409. The number of amides is 2.